The van der Waals surface area contributed by atoms with Gasteiger partial charge in [-0.2, -0.15) is 0 Å². The molecule has 0 aliphatic heterocycles. The van der Waals surface area contributed by atoms with Crippen molar-refractivity contribution in [3.8, 4) is 11.5 Å². The minimum absolute atomic E-state index is 0.240. The van der Waals surface area contributed by atoms with Crippen molar-refractivity contribution in [3.63, 3.8) is 0 Å². The number of hydrogen-bond acceptors (Lipinski definition) is 4. The van der Waals surface area contributed by atoms with Gasteiger partial charge in [0.2, 0.25) is 0 Å². The van der Waals surface area contributed by atoms with Crippen molar-refractivity contribution in [3.05, 3.63) is 101 Å². The van der Waals surface area contributed by atoms with E-state index in [1.807, 2.05) is 24.3 Å². The van der Waals surface area contributed by atoms with Crippen LogP contribution < -0.4 is 14.8 Å². The van der Waals surface area contributed by atoms with Gasteiger partial charge in [0.15, 0.2) is 0 Å². The van der Waals surface area contributed by atoms with Gasteiger partial charge < -0.3 is 19.9 Å². The Labute approximate surface area is 178 Å². The van der Waals surface area contributed by atoms with Crippen LogP contribution >= 0.6 is 0 Å². The molecule has 0 bridgehead atoms. The molecule has 0 spiro atoms. The number of ether oxygens (including phenoxy) is 2. The molecule has 3 aromatic rings. The Morgan fingerprint density at radius 1 is 1.00 bits per heavy atom. The van der Waals surface area contributed by atoms with E-state index in [9.17, 15) is 19.1 Å². The van der Waals surface area contributed by atoms with E-state index >= 15 is 0 Å². The number of methoxy groups -OCH3 is 1. The lowest BCUT2D eigenvalue weighted by Gasteiger charge is -2.09. The second kappa shape index (κ2) is 10.1. The quantitative estimate of drug-likeness (QED) is 0.531. The summed E-state index contributed by atoms with van der Waals surface area (Å²) >= 11 is 0. The first kappa shape index (κ1) is 21.6. The highest BCUT2D eigenvalue weighted by molar-refractivity contribution is 6.02. The highest BCUT2D eigenvalue weighted by atomic mass is 19.1. The van der Waals surface area contributed by atoms with E-state index < -0.39 is 17.7 Å². The molecule has 0 saturated carbocycles. The van der Waals surface area contributed by atoms with Crippen LogP contribution in [0.2, 0.25) is 0 Å². The molecular formula is C24H20FNO5. The third-order valence-corrected chi connectivity index (χ3v) is 4.33. The number of nitrogens with one attached hydrogen (secondary N) is 1. The normalized spacial score (nSPS) is 11.0. The predicted octanol–water partition coefficient (Wildman–Crippen LogP) is 4.27. The molecule has 0 saturated heterocycles. The summed E-state index contributed by atoms with van der Waals surface area (Å²) in [5.41, 5.74) is 0.849. The Morgan fingerprint density at radius 3 is 2.42 bits per heavy atom. The Bertz CT molecular complexity index is 1110. The second-order valence-electron chi connectivity index (χ2n) is 6.51. The largest absolute Gasteiger partial charge is 0.497 e. The van der Waals surface area contributed by atoms with Crippen LogP contribution in [0.1, 0.15) is 21.5 Å². The van der Waals surface area contributed by atoms with Crippen LogP contribution in [0.4, 0.5) is 4.39 Å². The Morgan fingerprint density at radius 2 is 1.74 bits per heavy atom. The first-order chi connectivity index (χ1) is 15.0. The van der Waals surface area contributed by atoms with Crippen molar-refractivity contribution in [2.24, 2.45) is 0 Å². The fraction of sp³-hybridized carbons (Fsp3) is 0.0833. The summed E-state index contributed by atoms with van der Waals surface area (Å²) in [6, 6.07) is 19.5. The first-order valence-electron chi connectivity index (χ1n) is 9.33. The second-order valence-corrected chi connectivity index (χ2v) is 6.51. The van der Waals surface area contributed by atoms with Gasteiger partial charge in [0.25, 0.3) is 5.91 Å². The highest BCUT2D eigenvalue weighted by Crippen LogP contribution is 2.18. The Hall–Kier alpha value is -4.13. The molecule has 0 heterocycles. The maximum atomic E-state index is 13.8. The van der Waals surface area contributed by atoms with E-state index in [0.29, 0.717) is 17.9 Å². The highest BCUT2D eigenvalue weighted by Gasteiger charge is 2.16. The molecule has 0 aromatic heterocycles. The number of rotatable bonds is 8. The Balaban J connectivity index is 1.68. The molecule has 0 aliphatic rings. The molecule has 0 atom stereocenters. The van der Waals surface area contributed by atoms with E-state index in [1.165, 1.54) is 24.3 Å². The molecule has 0 unspecified atom stereocenters. The molecule has 1 amide bonds. The van der Waals surface area contributed by atoms with Crippen molar-refractivity contribution >= 4 is 18.0 Å². The van der Waals surface area contributed by atoms with Crippen LogP contribution in [-0.4, -0.2) is 24.1 Å². The molecule has 7 heteroatoms. The zero-order chi connectivity index (χ0) is 22.2. The number of carbonyl (C=O) groups is 2. The molecule has 3 aromatic carbocycles. The Kier molecular flexibility index (Phi) is 7.01. The molecule has 6 nitrogen and oxygen atoms in total. The molecule has 0 aliphatic carbocycles. The predicted molar refractivity (Wildman–Crippen MR) is 113 cm³/mol. The van der Waals surface area contributed by atoms with E-state index in [1.54, 1.807) is 31.4 Å². The maximum Gasteiger partial charge on any atom is 0.352 e. The summed E-state index contributed by atoms with van der Waals surface area (Å²) in [5, 5.41) is 11.6. The SMILES string of the molecule is COc1cccc(COc2ccc(/C=C(\NC(=O)c3ccccc3F)C(=O)O)cc2)c1. The van der Waals surface area contributed by atoms with Gasteiger partial charge in [0.05, 0.1) is 12.7 Å². The smallest absolute Gasteiger partial charge is 0.352 e. The van der Waals surface area contributed by atoms with Crippen LogP contribution in [-0.2, 0) is 11.4 Å². The van der Waals surface area contributed by atoms with Gasteiger partial charge in [-0.1, -0.05) is 36.4 Å². The van der Waals surface area contributed by atoms with Gasteiger partial charge in [-0.05, 0) is 53.6 Å². The standard InChI is InChI=1S/C24H20FNO5/c1-30-19-6-4-5-17(13-19)15-31-18-11-9-16(10-12-18)14-22(24(28)29)26-23(27)20-7-2-3-8-21(20)25/h2-14H,15H2,1H3,(H,26,27)(H,28,29)/b22-14-. The molecular weight excluding hydrogens is 401 g/mol. The molecule has 0 radical (unpaired) electrons. The van der Waals surface area contributed by atoms with E-state index in [-0.39, 0.29) is 11.3 Å². The van der Waals surface area contributed by atoms with Gasteiger partial charge in [0, 0.05) is 0 Å². The number of aliphatic carboxylic acids is 1. The fourth-order valence-corrected chi connectivity index (χ4v) is 2.74. The molecule has 158 valence electrons. The molecule has 2 N–H and O–H groups in total. The third kappa shape index (κ3) is 5.93. The number of carboxylic acids is 1. The fourth-order valence-electron chi connectivity index (χ4n) is 2.74. The number of amides is 1. The third-order valence-electron chi connectivity index (χ3n) is 4.33. The van der Waals surface area contributed by atoms with Crippen molar-refractivity contribution in [1.82, 2.24) is 5.32 Å². The lowest BCUT2D eigenvalue weighted by Crippen LogP contribution is -2.27. The zero-order valence-electron chi connectivity index (χ0n) is 16.7. The van der Waals surface area contributed by atoms with Crippen molar-refractivity contribution < 1.29 is 28.6 Å². The van der Waals surface area contributed by atoms with Crippen molar-refractivity contribution in [2.45, 2.75) is 6.61 Å². The van der Waals surface area contributed by atoms with Crippen LogP contribution in [0.15, 0.2) is 78.5 Å². The van der Waals surface area contributed by atoms with Crippen molar-refractivity contribution in [2.75, 3.05) is 7.11 Å². The summed E-state index contributed by atoms with van der Waals surface area (Å²) in [6.45, 7) is 0.339. The van der Waals surface area contributed by atoms with Gasteiger partial charge >= 0.3 is 5.97 Å². The van der Waals surface area contributed by atoms with Crippen LogP contribution in [0.5, 0.6) is 11.5 Å². The van der Waals surface area contributed by atoms with Gasteiger partial charge in [0.1, 0.15) is 29.6 Å². The summed E-state index contributed by atoms with van der Waals surface area (Å²) in [7, 11) is 1.59. The number of carboxylic acid groups (broad SMARTS) is 1. The molecule has 31 heavy (non-hydrogen) atoms. The van der Waals surface area contributed by atoms with Crippen LogP contribution in [0.25, 0.3) is 6.08 Å². The lowest BCUT2D eigenvalue weighted by molar-refractivity contribution is -0.132. The monoisotopic (exact) mass is 421 g/mol. The van der Waals surface area contributed by atoms with E-state index in [0.717, 1.165) is 17.4 Å². The number of benzene rings is 3. The summed E-state index contributed by atoms with van der Waals surface area (Å²) in [6.07, 6.45) is 1.28. The van der Waals surface area contributed by atoms with Crippen LogP contribution in [0.3, 0.4) is 0 Å². The minimum atomic E-state index is -1.34. The summed E-state index contributed by atoms with van der Waals surface area (Å²) in [5.74, 6) is -1.59. The summed E-state index contributed by atoms with van der Waals surface area (Å²) < 4.78 is 24.7. The summed E-state index contributed by atoms with van der Waals surface area (Å²) in [4.78, 5) is 23.7. The minimum Gasteiger partial charge on any atom is -0.497 e. The van der Waals surface area contributed by atoms with Gasteiger partial charge in [-0.15, -0.1) is 0 Å². The average molecular weight is 421 g/mol. The molecule has 0 fully saturated rings. The number of carbonyl (C=O) groups excluding carboxylic acids is 1. The topological polar surface area (TPSA) is 84.9 Å². The van der Waals surface area contributed by atoms with Gasteiger partial charge in [-0.3, -0.25) is 4.79 Å². The first-order valence-corrected chi connectivity index (χ1v) is 9.33. The number of hydrogen-bond donors (Lipinski definition) is 2. The molecule has 3 rings (SSSR count). The average Bonchev–Trinajstić information content (AvgIpc) is 2.78. The van der Waals surface area contributed by atoms with Crippen LogP contribution in [0, 0.1) is 5.82 Å². The van der Waals surface area contributed by atoms with Gasteiger partial charge in [-0.25, -0.2) is 9.18 Å². The zero-order valence-corrected chi connectivity index (χ0v) is 16.7. The lowest BCUT2D eigenvalue weighted by atomic mass is 10.1. The van der Waals surface area contributed by atoms with E-state index in [2.05, 4.69) is 5.32 Å². The van der Waals surface area contributed by atoms with E-state index in [4.69, 9.17) is 9.47 Å². The number of halogens is 1. The van der Waals surface area contributed by atoms with Crippen molar-refractivity contribution in [1.29, 1.82) is 0 Å². The maximum absolute atomic E-state index is 13.8.